The van der Waals surface area contributed by atoms with Crippen molar-refractivity contribution in [1.82, 2.24) is 4.90 Å². The fourth-order valence-corrected chi connectivity index (χ4v) is 3.65. The van der Waals surface area contributed by atoms with Crippen LogP contribution in [0.2, 0.25) is 10.0 Å². The molecule has 0 bridgehead atoms. The average molecular weight is 562 g/mol. The summed E-state index contributed by atoms with van der Waals surface area (Å²) in [5, 5.41) is 19.4. The number of anilines is 1. The molecule has 0 aromatic heterocycles. The summed E-state index contributed by atoms with van der Waals surface area (Å²) in [6, 6.07) is 5.90. The summed E-state index contributed by atoms with van der Waals surface area (Å²) in [6.07, 6.45) is -5.04. The van der Waals surface area contributed by atoms with Gasteiger partial charge >= 0.3 is 12.1 Å². The highest BCUT2D eigenvalue weighted by Gasteiger charge is 2.30. The van der Waals surface area contributed by atoms with Crippen LogP contribution in [0.5, 0.6) is 0 Å². The number of guanidine groups is 1. The van der Waals surface area contributed by atoms with Gasteiger partial charge in [0.15, 0.2) is 11.7 Å². The molecule has 9 nitrogen and oxygen atoms in total. The van der Waals surface area contributed by atoms with Crippen molar-refractivity contribution in [2.45, 2.75) is 38.0 Å². The Labute approximate surface area is 220 Å². The second-order valence-electron chi connectivity index (χ2n) is 7.95. The smallest absolute Gasteiger partial charge is 0.416 e. The number of ketones is 1. The van der Waals surface area contributed by atoms with Crippen molar-refractivity contribution in [1.29, 1.82) is 5.41 Å². The second kappa shape index (κ2) is 12.7. The molecule has 2 aromatic carbocycles. The Morgan fingerprint density at radius 1 is 1.11 bits per heavy atom. The van der Waals surface area contributed by atoms with Gasteiger partial charge < -0.3 is 21.9 Å². The Kier molecular flexibility index (Phi) is 10.3. The van der Waals surface area contributed by atoms with Crippen molar-refractivity contribution in [2.24, 2.45) is 11.5 Å². The van der Waals surface area contributed by atoms with Gasteiger partial charge in [0.05, 0.1) is 27.7 Å². The summed E-state index contributed by atoms with van der Waals surface area (Å²) in [7, 11) is 0. The normalized spacial score (nSPS) is 12.1. The minimum absolute atomic E-state index is 0.00414. The van der Waals surface area contributed by atoms with Crippen LogP contribution in [0.15, 0.2) is 36.4 Å². The molecule has 0 fully saturated rings. The molecule has 1 amide bonds. The lowest BCUT2D eigenvalue weighted by molar-refractivity contribution is -0.139. The van der Waals surface area contributed by atoms with Crippen LogP contribution in [0.1, 0.15) is 40.7 Å². The lowest BCUT2D eigenvalue weighted by Gasteiger charge is -2.21. The van der Waals surface area contributed by atoms with Gasteiger partial charge in [-0.25, -0.2) is 0 Å². The number of rotatable bonds is 11. The third-order valence-electron chi connectivity index (χ3n) is 5.26. The maximum atomic E-state index is 13.0. The first kappa shape index (κ1) is 29.9. The van der Waals surface area contributed by atoms with Crippen LogP contribution in [0.25, 0.3) is 0 Å². The fourth-order valence-electron chi connectivity index (χ4n) is 3.26. The van der Waals surface area contributed by atoms with Crippen LogP contribution in [0.3, 0.4) is 0 Å². The minimum atomic E-state index is -4.48. The van der Waals surface area contributed by atoms with Gasteiger partial charge in [0.25, 0.3) is 0 Å². The second-order valence-corrected chi connectivity index (χ2v) is 8.73. The molecule has 37 heavy (non-hydrogen) atoms. The Morgan fingerprint density at radius 3 is 2.27 bits per heavy atom. The van der Waals surface area contributed by atoms with E-state index in [0.29, 0.717) is 5.56 Å². The standard InChI is InChI=1S/C23H24Cl2F3N5O4/c24-15-8-7-14(17(34)10-18(35)33(22(30)31)9-1-2-16(29)21(36)37)20(19(15)25)32-11-12-3-5-13(6-4-12)23(26,27)28/h3-8,16,32H,1-2,9-11,29H2,(H3,30,31)(H,36,37). The Morgan fingerprint density at radius 2 is 1.73 bits per heavy atom. The van der Waals surface area contributed by atoms with Gasteiger partial charge in [-0.05, 0) is 42.7 Å². The zero-order chi connectivity index (χ0) is 27.9. The zero-order valence-electron chi connectivity index (χ0n) is 19.2. The van der Waals surface area contributed by atoms with Crippen LogP contribution < -0.4 is 16.8 Å². The summed E-state index contributed by atoms with van der Waals surface area (Å²) in [4.78, 5) is 37.4. The molecule has 0 spiro atoms. The topological polar surface area (TPSA) is 163 Å². The zero-order valence-corrected chi connectivity index (χ0v) is 20.8. The van der Waals surface area contributed by atoms with Gasteiger partial charge in [0.1, 0.15) is 6.04 Å². The number of carbonyl (C=O) groups is 3. The molecule has 0 aliphatic rings. The highest BCUT2D eigenvalue weighted by molar-refractivity contribution is 6.44. The van der Waals surface area contributed by atoms with Crippen LogP contribution in [0, 0.1) is 5.41 Å². The van der Waals surface area contributed by atoms with Crippen molar-refractivity contribution in [3.05, 3.63) is 63.1 Å². The Balaban J connectivity index is 2.16. The van der Waals surface area contributed by atoms with E-state index in [9.17, 15) is 27.6 Å². The van der Waals surface area contributed by atoms with E-state index in [-0.39, 0.29) is 47.2 Å². The van der Waals surface area contributed by atoms with Gasteiger partial charge in [-0.2, -0.15) is 13.2 Å². The number of aliphatic carboxylic acids is 1. The lowest BCUT2D eigenvalue weighted by atomic mass is 10.0. The van der Waals surface area contributed by atoms with E-state index in [2.05, 4.69) is 5.32 Å². The summed E-state index contributed by atoms with van der Waals surface area (Å²) >= 11 is 12.3. The van der Waals surface area contributed by atoms with Gasteiger partial charge in [-0.15, -0.1) is 0 Å². The van der Waals surface area contributed by atoms with Crippen molar-refractivity contribution < 1.29 is 32.7 Å². The first-order valence-corrected chi connectivity index (χ1v) is 11.5. The summed E-state index contributed by atoms with van der Waals surface area (Å²) < 4.78 is 38.4. The molecule has 0 saturated heterocycles. The van der Waals surface area contributed by atoms with E-state index in [1.54, 1.807) is 0 Å². The van der Waals surface area contributed by atoms with Crippen molar-refractivity contribution >= 4 is 52.5 Å². The number of benzene rings is 2. The largest absolute Gasteiger partial charge is 0.480 e. The Hall–Kier alpha value is -3.35. The average Bonchev–Trinajstić information content (AvgIpc) is 2.81. The molecule has 0 aliphatic carbocycles. The lowest BCUT2D eigenvalue weighted by Crippen LogP contribution is -2.43. The molecule has 0 heterocycles. The molecule has 200 valence electrons. The van der Waals surface area contributed by atoms with E-state index in [4.69, 9.17) is 45.2 Å². The highest BCUT2D eigenvalue weighted by atomic mass is 35.5. The molecular weight excluding hydrogens is 538 g/mol. The van der Waals surface area contributed by atoms with Crippen LogP contribution >= 0.6 is 23.2 Å². The third kappa shape index (κ3) is 8.34. The van der Waals surface area contributed by atoms with Crippen LogP contribution in [0.4, 0.5) is 18.9 Å². The molecule has 7 N–H and O–H groups in total. The van der Waals surface area contributed by atoms with Gasteiger partial charge in [-0.1, -0.05) is 35.3 Å². The molecule has 1 atom stereocenters. The van der Waals surface area contributed by atoms with E-state index >= 15 is 0 Å². The quantitative estimate of drug-likeness (QED) is 0.119. The number of carboxylic acids is 1. The third-order valence-corrected chi connectivity index (χ3v) is 6.07. The van der Waals surface area contributed by atoms with Crippen LogP contribution in [-0.4, -0.2) is 46.2 Å². The van der Waals surface area contributed by atoms with E-state index < -0.39 is 47.8 Å². The molecule has 0 saturated carbocycles. The predicted molar refractivity (Wildman–Crippen MR) is 133 cm³/mol. The summed E-state index contributed by atoms with van der Waals surface area (Å²) in [5.74, 6) is -3.34. The fraction of sp³-hybridized carbons (Fsp3) is 0.304. The number of carboxylic acid groups (broad SMARTS) is 1. The number of carbonyl (C=O) groups excluding carboxylic acids is 2. The van der Waals surface area contributed by atoms with E-state index in [1.165, 1.54) is 24.3 Å². The van der Waals surface area contributed by atoms with Gasteiger partial charge in [0.2, 0.25) is 5.91 Å². The molecule has 2 rings (SSSR count). The molecule has 0 radical (unpaired) electrons. The summed E-state index contributed by atoms with van der Waals surface area (Å²) in [6.45, 7) is -0.126. The number of halogens is 5. The monoisotopic (exact) mass is 561 g/mol. The van der Waals surface area contributed by atoms with Crippen molar-refractivity contribution in [3.63, 3.8) is 0 Å². The number of amides is 1. The number of nitrogens with two attached hydrogens (primary N) is 2. The van der Waals surface area contributed by atoms with Crippen molar-refractivity contribution in [2.75, 3.05) is 11.9 Å². The predicted octanol–water partition coefficient (Wildman–Crippen LogP) is 4.11. The highest BCUT2D eigenvalue weighted by Crippen LogP contribution is 2.35. The molecule has 1 unspecified atom stereocenters. The number of hydrogen-bond acceptors (Lipinski definition) is 6. The van der Waals surface area contributed by atoms with Crippen molar-refractivity contribution in [3.8, 4) is 0 Å². The van der Waals surface area contributed by atoms with E-state index in [0.717, 1.165) is 17.0 Å². The molecule has 0 aliphatic heterocycles. The maximum Gasteiger partial charge on any atom is 0.416 e. The Bertz CT molecular complexity index is 1180. The SMILES string of the molecule is N=C(N)N(CCCC(N)C(=O)O)C(=O)CC(=O)c1ccc(Cl)c(Cl)c1NCc1ccc(C(F)(F)F)cc1. The van der Waals surface area contributed by atoms with Crippen LogP contribution in [-0.2, 0) is 22.3 Å². The first-order chi connectivity index (χ1) is 17.2. The first-order valence-electron chi connectivity index (χ1n) is 10.8. The molecule has 2 aromatic rings. The summed E-state index contributed by atoms with van der Waals surface area (Å²) in [5.41, 5.74) is 10.6. The van der Waals surface area contributed by atoms with Gasteiger partial charge in [0, 0.05) is 18.7 Å². The number of alkyl halides is 3. The molecular formula is C23H24Cl2F3N5O4. The molecule has 14 heteroatoms. The maximum absolute atomic E-state index is 13.0. The number of nitrogens with zero attached hydrogens (tertiary/aromatic N) is 1. The van der Waals surface area contributed by atoms with E-state index in [1.807, 2.05) is 0 Å². The number of Topliss-reactive ketones (excluding diaryl/α,β-unsaturated/α-hetero) is 1. The number of hydrogen-bond donors (Lipinski definition) is 5. The number of nitrogens with one attached hydrogen (secondary N) is 2. The minimum Gasteiger partial charge on any atom is -0.480 e. The van der Waals surface area contributed by atoms with Gasteiger partial charge in [-0.3, -0.25) is 24.7 Å².